The Labute approximate surface area is 162 Å². The third-order valence-electron chi connectivity index (χ3n) is 8.33. The van der Waals surface area contributed by atoms with Gasteiger partial charge >= 0.3 is 6.18 Å². The molecule has 5 rings (SSSR count). The highest BCUT2D eigenvalue weighted by atomic mass is 19.4. The molecule has 1 aromatic carbocycles. The summed E-state index contributed by atoms with van der Waals surface area (Å²) in [5.41, 5.74) is -1.81. The number of carbonyl (C=O) groups excluding carboxylic acids is 1. The van der Waals surface area contributed by atoms with Crippen molar-refractivity contribution in [1.82, 2.24) is 0 Å². The Hall–Kier alpha value is -1.72. The van der Waals surface area contributed by atoms with Crippen molar-refractivity contribution >= 4 is 5.97 Å². The number of rotatable bonds is 4. The van der Waals surface area contributed by atoms with Gasteiger partial charge in [-0.25, -0.2) is 0 Å². The van der Waals surface area contributed by atoms with Crippen LogP contribution in [0.5, 0.6) is 5.75 Å². The molecule has 4 aliphatic rings. The summed E-state index contributed by atoms with van der Waals surface area (Å²) in [4.78, 5) is 11.2. The summed E-state index contributed by atoms with van der Waals surface area (Å²) in [6, 6.07) is 2.74. The third-order valence-corrected chi connectivity index (χ3v) is 8.33. The number of ether oxygens (including phenoxy) is 1. The number of aromatic carboxylic acids is 1. The van der Waals surface area contributed by atoms with E-state index in [1.54, 1.807) is 0 Å². The van der Waals surface area contributed by atoms with Crippen molar-refractivity contribution in [2.75, 3.05) is 0 Å². The van der Waals surface area contributed by atoms with E-state index in [-0.39, 0.29) is 17.2 Å². The van der Waals surface area contributed by atoms with Crippen LogP contribution >= 0.6 is 0 Å². The summed E-state index contributed by atoms with van der Waals surface area (Å²) >= 11 is 0. The van der Waals surface area contributed by atoms with Crippen molar-refractivity contribution in [3.8, 4) is 5.75 Å². The Morgan fingerprint density at radius 1 is 1.18 bits per heavy atom. The van der Waals surface area contributed by atoms with Crippen LogP contribution in [-0.2, 0) is 6.18 Å². The maximum atomic E-state index is 13.6. The Bertz CT molecular complexity index is 820. The van der Waals surface area contributed by atoms with Gasteiger partial charge in [0.2, 0.25) is 0 Å². The van der Waals surface area contributed by atoms with Crippen LogP contribution < -0.4 is 9.84 Å². The lowest BCUT2D eigenvalue weighted by molar-refractivity contribution is -0.255. The van der Waals surface area contributed by atoms with Gasteiger partial charge in [0.25, 0.3) is 0 Å². The third kappa shape index (κ3) is 2.45. The normalized spacial score (nSPS) is 40.7. The first kappa shape index (κ1) is 18.3. The van der Waals surface area contributed by atoms with E-state index < -0.39 is 23.3 Å². The van der Waals surface area contributed by atoms with Crippen molar-refractivity contribution in [1.29, 1.82) is 0 Å². The maximum absolute atomic E-state index is 13.6. The summed E-state index contributed by atoms with van der Waals surface area (Å²) in [5, 5.41) is 11.2. The second kappa shape index (κ2) is 5.90. The molecule has 3 nitrogen and oxygen atoms in total. The Morgan fingerprint density at radius 2 is 1.89 bits per heavy atom. The van der Waals surface area contributed by atoms with Crippen molar-refractivity contribution in [2.24, 2.45) is 35.5 Å². The first-order valence-electron chi connectivity index (χ1n) is 10.3. The van der Waals surface area contributed by atoms with E-state index in [2.05, 4.69) is 0 Å². The summed E-state index contributed by atoms with van der Waals surface area (Å²) in [6.45, 7) is 1.98. The molecule has 0 heterocycles. The highest BCUT2D eigenvalue weighted by molar-refractivity contribution is 5.86. The number of fused-ring (bicyclic) bond motifs is 9. The molecule has 4 fully saturated rings. The zero-order valence-corrected chi connectivity index (χ0v) is 15.8. The van der Waals surface area contributed by atoms with Crippen LogP contribution in [0.3, 0.4) is 0 Å². The molecule has 0 N–H and O–H groups in total. The number of hydrogen-bond acceptors (Lipinski definition) is 3. The number of benzene rings is 1. The van der Waals surface area contributed by atoms with Crippen molar-refractivity contribution in [2.45, 2.75) is 57.2 Å². The minimum Gasteiger partial charge on any atom is -0.545 e. The van der Waals surface area contributed by atoms with Crippen molar-refractivity contribution < 1.29 is 27.8 Å². The van der Waals surface area contributed by atoms with Gasteiger partial charge in [0.05, 0.1) is 11.5 Å². The first-order chi connectivity index (χ1) is 13.2. The number of carboxylic acid groups (broad SMARTS) is 1. The Balaban J connectivity index is 1.52. The molecule has 0 saturated heterocycles. The van der Waals surface area contributed by atoms with E-state index in [1.807, 2.05) is 6.92 Å². The molecule has 6 heteroatoms. The fraction of sp³-hybridized carbons (Fsp3) is 0.682. The predicted octanol–water partition coefficient (Wildman–Crippen LogP) is 4.30. The lowest BCUT2D eigenvalue weighted by atomic mass is 9.65. The molecule has 0 amide bonds. The molecule has 152 valence electrons. The molecule has 28 heavy (non-hydrogen) atoms. The highest BCUT2D eigenvalue weighted by Gasteiger charge is 2.67. The Kier molecular flexibility index (Phi) is 3.86. The second-order valence-corrected chi connectivity index (χ2v) is 9.31. The topological polar surface area (TPSA) is 49.4 Å². The van der Waals surface area contributed by atoms with E-state index in [1.165, 1.54) is 19.3 Å². The quantitative estimate of drug-likeness (QED) is 0.717. The van der Waals surface area contributed by atoms with Crippen LogP contribution in [0.25, 0.3) is 0 Å². The van der Waals surface area contributed by atoms with Gasteiger partial charge in [-0.2, -0.15) is 13.2 Å². The van der Waals surface area contributed by atoms with Gasteiger partial charge in [-0.1, -0.05) is 13.0 Å². The van der Waals surface area contributed by atoms with Crippen molar-refractivity contribution in [3.05, 3.63) is 29.3 Å². The van der Waals surface area contributed by atoms with Gasteiger partial charge in [-0.15, -0.1) is 0 Å². The monoisotopic (exact) mass is 393 g/mol. The average molecular weight is 393 g/mol. The highest BCUT2D eigenvalue weighted by Crippen LogP contribution is 2.70. The second-order valence-electron chi connectivity index (χ2n) is 9.31. The van der Waals surface area contributed by atoms with Crippen LogP contribution in [0.4, 0.5) is 13.2 Å². The van der Waals surface area contributed by atoms with Crippen LogP contribution in [0, 0.1) is 35.5 Å². The predicted molar refractivity (Wildman–Crippen MR) is 93.4 cm³/mol. The van der Waals surface area contributed by atoms with E-state index in [0.717, 1.165) is 42.9 Å². The SMILES string of the molecule is CCC1(Oc2cc(C(=O)[O-])ccc2C(F)(F)F)CC2CC1C1C3CCC(C3)C21. The van der Waals surface area contributed by atoms with Crippen LogP contribution in [-0.4, -0.2) is 11.6 Å². The van der Waals surface area contributed by atoms with E-state index in [0.29, 0.717) is 24.2 Å². The molecule has 0 spiro atoms. The molecule has 4 saturated carbocycles. The molecule has 7 atom stereocenters. The fourth-order valence-electron chi connectivity index (χ4n) is 7.48. The molecule has 1 aromatic rings. The van der Waals surface area contributed by atoms with E-state index >= 15 is 0 Å². The zero-order valence-electron chi connectivity index (χ0n) is 15.8. The van der Waals surface area contributed by atoms with Gasteiger partial charge in [-0.05, 0) is 80.2 Å². The Morgan fingerprint density at radius 3 is 2.54 bits per heavy atom. The minimum atomic E-state index is -4.60. The standard InChI is InChI=1S/C22H25F3O3/c1-2-21(10-14-8-16(21)19-12-4-3-11(7-12)18(14)19)28-17-9-13(20(26)27)5-6-15(17)22(23,24)25/h5-6,9,11-12,14,16,18-19H,2-4,7-8,10H2,1H3,(H,26,27)/p-1. The molecule has 4 aliphatic carbocycles. The molecule has 0 radical (unpaired) electrons. The summed E-state index contributed by atoms with van der Waals surface area (Å²) in [7, 11) is 0. The van der Waals surface area contributed by atoms with Gasteiger partial charge in [-0.3, -0.25) is 0 Å². The van der Waals surface area contributed by atoms with Crippen LogP contribution in [0.2, 0.25) is 0 Å². The van der Waals surface area contributed by atoms with Crippen molar-refractivity contribution in [3.63, 3.8) is 0 Å². The first-order valence-corrected chi connectivity index (χ1v) is 10.3. The van der Waals surface area contributed by atoms with Crippen LogP contribution in [0.1, 0.15) is 61.4 Å². The lowest BCUT2D eigenvalue weighted by Gasteiger charge is -2.46. The van der Waals surface area contributed by atoms with E-state index in [9.17, 15) is 23.1 Å². The molecule has 0 aliphatic heterocycles. The zero-order chi connectivity index (χ0) is 19.8. The van der Waals surface area contributed by atoms with E-state index in [4.69, 9.17) is 4.74 Å². The molecule has 0 aromatic heterocycles. The summed E-state index contributed by atoms with van der Waals surface area (Å²) < 4.78 is 46.9. The summed E-state index contributed by atoms with van der Waals surface area (Å²) in [5.74, 6) is 1.73. The smallest absolute Gasteiger partial charge is 0.419 e. The number of carboxylic acids is 1. The van der Waals surface area contributed by atoms with Gasteiger partial charge in [0.15, 0.2) is 0 Å². The molecular weight excluding hydrogens is 369 g/mol. The molecule has 4 bridgehead atoms. The molecule has 7 unspecified atom stereocenters. The number of halogens is 3. The van der Waals surface area contributed by atoms with Gasteiger partial charge < -0.3 is 14.6 Å². The van der Waals surface area contributed by atoms with Crippen LogP contribution in [0.15, 0.2) is 18.2 Å². The molecular formula is C22H24F3O3-. The lowest BCUT2D eigenvalue weighted by Crippen LogP contribution is -2.48. The van der Waals surface area contributed by atoms with Gasteiger partial charge in [0, 0.05) is 11.5 Å². The number of alkyl halides is 3. The summed E-state index contributed by atoms with van der Waals surface area (Å²) in [6.07, 6.45) is 1.69. The largest absolute Gasteiger partial charge is 0.545 e. The van der Waals surface area contributed by atoms with Gasteiger partial charge in [0.1, 0.15) is 11.4 Å². The average Bonchev–Trinajstić information content (AvgIpc) is 3.39. The minimum absolute atomic E-state index is 0.274. The number of hydrogen-bond donors (Lipinski definition) is 0. The number of carbonyl (C=O) groups is 1. The maximum Gasteiger partial charge on any atom is 0.419 e. The fourth-order valence-corrected chi connectivity index (χ4v) is 7.48.